The Morgan fingerprint density at radius 2 is 1.93 bits per heavy atom. The zero-order valence-electron chi connectivity index (χ0n) is 14.5. The summed E-state index contributed by atoms with van der Waals surface area (Å²) >= 11 is 5.95. The second-order valence-electron chi connectivity index (χ2n) is 6.51. The van der Waals surface area contributed by atoms with E-state index in [0.717, 1.165) is 6.07 Å². The summed E-state index contributed by atoms with van der Waals surface area (Å²) in [7, 11) is 0. The lowest BCUT2D eigenvalue weighted by molar-refractivity contribution is 0.0734. The molecule has 0 atom stereocenters. The first-order valence-electron chi connectivity index (χ1n) is 8.42. The van der Waals surface area contributed by atoms with Gasteiger partial charge in [-0.15, -0.1) is 0 Å². The van der Waals surface area contributed by atoms with Gasteiger partial charge < -0.3 is 30.5 Å². The average molecular weight is 402 g/mol. The van der Waals surface area contributed by atoms with Crippen molar-refractivity contribution >= 4 is 23.2 Å². The van der Waals surface area contributed by atoms with Crippen LogP contribution in [-0.4, -0.2) is 37.8 Å². The molecule has 0 fully saturated rings. The Kier molecular flexibility index (Phi) is 4.27. The quantitative estimate of drug-likeness (QED) is 0.383. The van der Waals surface area contributed by atoms with Gasteiger partial charge in [0.25, 0.3) is 5.91 Å². The highest BCUT2D eigenvalue weighted by Crippen LogP contribution is 2.40. The van der Waals surface area contributed by atoms with Crippen LogP contribution in [0.5, 0.6) is 17.2 Å². The molecule has 1 aliphatic rings. The fourth-order valence-corrected chi connectivity index (χ4v) is 3.36. The third kappa shape index (κ3) is 2.97. The number of aromatic hydroxyl groups is 3. The van der Waals surface area contributed by atoms with E-state index in [4.69, 9.17) is 21.9 Å². The lowest BCUT2D eigenvalue weighted by Crippen LogP contribution is -2.36. The number of hydrogen-bond donors (Lipinski definition) is 4. The number of nitrogens with two attached hydrogens (primary N) is 1. The Hall–Kier alpha value is -3.39. The van der Waals surface area contributed by atoms with Crippen molar-refractivity contribution in [2.24, 2.45) is 0 Å². The molecule has 28 heavy (non-hydrogen) atoms. The molecule has 5 N–H and O–H groups in total. The molecule has 0 bridgehead atoms. The van der Waals surface area contributed by atoms with Crippen molar-refractivity contribution in [1.82, 2.24) is 10.1 Å². The molecule has 1 aliphatic heterocycles. The van der Waals surface area contributed by atoms with Gasteiger partial charge in [-0.25, -0.2) is 0 Å². The Labute approximate surface area is 164 Å². The number of anilines is 1. The van der Waals surface area contributed by atoms with Gasteiger partial charge in [0.05, 0.1) is 28.5 Å². The number of hydrogen-bond acceptors (Lipinski definition) is 7. The summed E-state index contributed by atoms with van der Waals surface area (Å²) in [4.78, 5) is 14.4. The number of carbonyl (C=O) groups excluding carboxylic acids is 1. The van der Waals surface area contributed by atoms with Gasteiger partial charge in [0.15, 0.2) is 5.76 Å². The molecule has 0 radical (unpaired) electrons. The topological polar surface area (TPSA) is 133 Å². The number of nitrogens with zero attached hydrogens (tertiary/aromatic N) is 2. The monoisotopic (exact) mass is 401 g/mol. The second-order valence-corrected chi connectivity index (χ2v) is 6.92. The SMILES string of the molecule is Nc1cc(C(=O)N2CCc3noc(-c4cc(Cl)c(O)cc4O)c3C2)ccc1O. The molecule has 4 rings (SSSR count). The maximum Gasteiger partial charge on any atom is 0.254 e. The molecule has 0 saturated heterocycles. The van der Waals surface area contributed by atoms with E-state index in [9.17, 15) is 20.1 Å². The number of phenolic OH excluding ortho intramolecular Hbond substituents is 3. The second kappa shape index (κ2) is 6.65. The molecule has 1 amide bonds. The average Bonchev–Trinajstić information content (AvgIpc) is 3.09. The number of phenols is 3. The molecule has 0 saturated carbocycles. The fourth-order valence-electron chi connectivity index (χ4n) is 3.20. The number of amides is 1. The summed E-state index contributed by atoms with van der Waals surface area (Å²) in [5.41, 5.74) is 7.78. The first-order valence-corrected chi connectivity index (χ1v) is 8.80. The number of benzene rings is 2. The molecule has 2 aromatic carbocycles. The summed E-state index contributed by atoms with van der Waals surface area (Å²) in [6.07, 6.45) is 0.477. The minimum absolute atomic E-state index is 0.0567. The highest BCUT2D eigenvalue weighted by atomic mass is 35.5. The maximum absolute atomic E-state index is 12.8. The molecular formula is C19H16ClN3O5. The number of nitrogen functional groups attached to an aromatic ring is 1. The predicted molar refractivity (Wildman–Crippen MR) is 101 cm³/mol. The highest BCUT2D eigenvalue weighted by Gasteiger charge is 2.29. The Morgan fingerprint density at radius 3 is 2.68 bits per heavy atom. The maximum atomic E-state index is 12.8. The lowest BCUT2D eigenvalue weighted by Gasteiger charge is -2.26. The van der Waals surface area contributed by atoms with Crippen LogP contribution in [0.4, 0.5) is 5.69 Å². The molecule has 0 aliphatic carbocycles. The zero-order valence-corrected chi connectivity index (χ0v) is 15.3. The number of carbonyl (C=O) groups is 1. The summed E-state index contributed by atoms with van der Waals surface area (Å²) < 4.78 is 5.41. The van der Waals surface area contributed by atoms with E-state index >= 15 is 0 Å². The zero-order chi connectivity index (χ0) is 20.0. The van der Waals surface area contributed by atoms with Crippen molar-refractivity contribution in [1.29, 1.82) is 0 Å². The van der Waals surface area contributed by atoms with Gasteiger partial charge in [-0.2, -0.15) is 0 Å². The summed E-state index contributed by atoms with van der Waals surface area (Å²) in [6, 6.07) is 6.81. The standard InChI is InChI=1S/C19H16ClN3O5/c20-12-6-10(16(25)7-17(12)26)18-11-8-23(4-3-14(11)22-28-18)19(27)9-1-2-15(24)13(21)5-9/h1-2,5-7,24-26H,3-4,8,21H2. The Bertz CT molecular complexity index is 1100. The summed E-state index contributed by atoms with van der Waals surface area (Å²) in [6.45, 7) is 0.645. The molecule has 8 nitrogen and oxygen atoms in total. The van der Waals surface area contributed by atoms with Crippen molar-refractivity contribution in [2.45, 2.75) is 13.0 Å². The number of aromatic nitrogens is 1. The van der Waals surface area contributed by atoms with Gasteiger partial charge >= 0.3 is 0 Å². The normalized spacial score (nSPS) is 13.4. The van der Waals surface area contributed by atoms with Crippen LogP contribution in [0.15, 0.2) is 34.9 Å². The van der Waals surface area contributed by atoms with Crippen LogP contribution < -0.4 is 5.73 Å². The van der Waals surface area contributed by atoms with Gasteiger partial charge in [0.2, 0.25) is 0 Å². The molecule has 3 aromatic rings. The first-order chi connectivity index (χ1) is 13.3. The fraction of sp³-hybridized carbons (Fsp3) is 0.158. The first kappa shape index (κ1) is 18.0. The largest absolute Gasteiger partial charge is 0.507 e. The van der Waals surface area contributed by atoms with E-state index in [0.29, 0.717) is 29.8 Å². The van der Waals surface area contributed by atoms with E-state index in [1.165, 1.54) is 24.3 Å². The third-order valence-corrected chi connectivity index (χ3v) is 5.01. The number of halogens is 1. The number of fused-ring (bicyclic) bond motifs is 1. The van der Waals surface area contributed by atoms with Crippen molar-refractivity contribution < 1.29 is 24.6 Å². The van der Waals surface area contributed by atoms with Crippen LogP contribution in [0.3, 0.4) is 0 Å². The van der Waals surface area contributed by atoms with Crippen molar-refractivity contribution in [3.05, 3.63) is 52.2 Å². The van der Waals surface area contributed by atoms with Gasteiger partial charge in [-0.3, -0.25) is 4.79 Å². The number of rotatable bonds is 2. The Balaban J connectivity index is 1.67. The van der Waals surface area contributed by atoms with Gasteiger partial charge in [-0.05, 0) is 24.3 Å². The molecule has 9 heteroatoms. The van der Waals surface area contributed by atoms with Crippen molar-refractivity contribution in [3.63, 3.8) is 0 Å². The minimum Gasteiger partial charge on any atom is -0.507 e. The van der Waals surface area contributed by atoms with E-state index in [1.807, 2.05) is 0 Å². The molecule has 1 aromatic heterocycles. The van der Waals surface area contributed by atoms with Crippen LogP contribution in [0, 0.1) is 0 Å². The molecule has 144 valence electrons. The van der Waals surface area contributed by atoms with Crippen LogP contribution >= 0.6 is 11.6 Å². The van der Waals surface area contributed by atoms with E-state index in [1.54, 1.807) is 4.90 Å². The van der Waals surface area contributed by atoms with Gasteiger partial charge in [0, 0.05) is 30.2 Å². The van der Waals surface area contributed by atoms with Crippen molar-refractivity contribution in [3.8, 4) is 28.6 Å². The van der Waals surface area contributed by atoms with E-state index < -0.39 is 0 Å². The lowest BCUT2D eigenvalue weighted by atomic mass is 10.00. The third-order valence-electron chi connectivity index (χ3n) is 4.71. The molecular weight excluding hydrogens is 386 g/mol. The molecule has 0 spiro atoms. The molecule has 2 heterocycles. The van der Waals surface area contributed by atoms with E-state index in [-0.39, 0.29) is 51.7 Å². The van der Waals surface area contributed by atoms with Crippen molar-refractivity contribution in [2.75, 3.05) is 12.3 Å². The summed E-state index contributed by atoms with van der Waals surface area (Å²) in [5.74, 6) is -0.512. The Morgan fingerprint density at radius 1 is 1.14 bits per heavy atom. The van der Waals surface area contributed by atoms with E-state index in [2.05, 4.69) is 5.16 Å². The van der Waals surface area contributed by atoms with Crippen LogP contribution in [0.25, 0.3) is 11.3 Å². The van der Waals surface area contributed by atoms with Crippen LogP contribution in [0.2, 0.25) is 5.02 Å². The van der Waals surface area contributed by atoms with Gasteiger partial charge in [0.1, 0.15) is 17.2 Å². The molecule has 0 unspecified atom stereocenters. The summed E-state index contributed by atoms with van der Waals surface area (Å²) in [5, 5.41) is 33.4. The minimum atomic E-state index is -0.252. The smallest absolute Gasteiger partial charge is 0.254 e. The van der Waals surface area contributed by atoms with Crippen LogP contribution in [0.1, 0.15) is 21.6 Å². The van der Waals surface area contributed by atoms with Gasteiger partial charge in [-0.1, -0.05) is 16.8 Å². The highest BCUT2D eigenvalue weighted by molar-refractivity contribution is 6.32. The predicted octanol–water partition coefficient (Wildman–Crippen LogP) is 2.89. The van der Waals surface area contributed by atoms with Crippen LogP contribution in [-0.2, 0) is 13.0 Å².